The predicted octanol–water partition coefficient (Wildman–Crippen LogP) is 4.71. The second-order valence-corrected chi connectivity index (χ2v) is 6.91. The summed E-state index contributed by atoms with van der Waals surface area (Å²) >= 11 is 0. The molecule has 4 aromatic rings. The molecule has 0 amide bonds. The summed E-state index contributed by atoms with van der Waals surface area (Å²) in [6.45, 7) is 6.52. The van der Waals surface area contributed by atoms with Crippen LogP contribution in [0.15, 0.2) is 61.1 Å². The topological polar surface area (TPSA) is 29.7 Å². The van der Waals surface area contributed by atoms with Gasteiger partial charge in [0.25, 0.3) is 6.33 Å². The van der Waals surface area contributed by atoms with Gasteiger partial charge in [-0.25, -0.2) is 4.57 Å². The molecule has 0 N–H and O–H groups in total. The Morgan fingerprint density at radius 2 is 1.73 bits per heavy atom. The maximum Gasteiger partial charge on any atom is 0.287 e. The van der Waals surface area contributed by atoms with Gasteiger partial charge in [-0.1, -0.05) is 17.7 Å². The van der Waals surface area contributed by atoms with Crippen LogP contribution < -0.4 is 4.57 Å². The van der Waals surface area contributed by atoms with Crippen molar-refractivity contribution in [1.29, 1.82) is 0 Å². The second kappa shape index (κ2) is 6.34. The third kappa shape index (κ3) is 2.76. The lowest BCUT2D eigenvalue weighted by Gasteiger charge is -2.13. The van der Waals surface area contributed by atoms with Gasteiger partial charge >= 0.3 is 0 Å². The van der Waals surface area contributed by atoms with E-state index in [1.807, 2.05) is 30.7 Å². The fourth-order valence-corrected chi connectivity index (χ4v) is 3.55. The highest BCUT2D eigenvalue weighted by molar-refractivity contribution is 5.94. The van der Waals surface area contributed by atoms with Crippen LogP contribution in [0.25, 0.3) is 33.4 Å². The van der Waals surface area contributed by atoms with Gasteiger partial charge in [-0.05, 0) is 73.3 Å². The second-order valence-electron chi connectivity index (χ2n) is 6.91. The number of fused-ring (bicyclic) bond motifs is 1. The molecule has 2 aromatic carbocycles. The largest absolute Gasteiger partial charge is 0.287 e. The zero-order valence-electron chi connectivity index (χ0n) is 15.6. The number of nitrogens with zero attached hydrogens (tertiary/aromatic N) is 3. The third-order valence-corrected chi connectivity index (χ3v) is 5.00. The molecule has 0 atom stereocenters. The number of aromatic nitrogens is 3. The smallest absolute Gasteiger partial charge is 0.256 e. The maximum atomic E-state index is 4.62. The number of hydrogen-bond donors (Lipinski definition) is 0. The van der Waals surface area contributed by atoms with Crippen LogP contribution in [0.5, 0.6) is 0 Å². The molecule has 26 heavy (non-hydrogen) atoms. The minimum atomic E-state index is 0.976. The Morgan fingerprint density at radius 1 is 0.885 bits per heavy atom. The van der Waals surface area contributed by atoms with Gasteiger partial charge in [-0.15, -0.1) is 0 Å². The summed E-state index contributed by atoms with van der Waals surface area (Å²) in [5, 5.41) is 1.14. The van der Waals surface area contributed by atoms with Crippen molar-refractivity contribution in [3.05, 3.63) is 77.7 Å². The van der Waals surface area contributed by atoms with Gasteiger partial charge in [0, 0.05) is 17.3 Å². The van der Waals surface area contributed by atoms with Crippen molar-refractivity contribution in [3.63, 3.8) is 0 Å². The molecular weight excluding hydrogens is 318 g/mol. The van der Waals surface area contributed by atoms with Crippen molar-refractivity contribution in [1.82, 2.24) is 9.97 Å². The van der Waals surface area contributed by atoms with Crippen LogP contribution in [0.1, 0.15) is 16.7 Å². The van der Waals surface area contributed by atoms with Crippen molar-refractivity contribution in [2.24, 2.45) is 7.05 Å². The molecule has 2 heterocycles. The first-order chi connectivity index (χ1) is 12.5. The van der Waals surface area contributed by atoms with E-state index in [4.69, 9.17) is 0 Å². The number of pyridine rings is 1. The zero-order valence-corrected chi connectivity index (χ0v) is 15.6. The van der Waals surface area contributed by atoms with Crippen LogP contribution in [0, 0.1) is 20.8 Å². The van der Waals surface area contributed by atoms with E-state index in [-0.39, 0.29) is 0 Å². The van der Waals surface area contributed by atoms with Gasteiger partial charge in [0.15, 0.2) is 5.52 Å². The van der Waals surface area contributed by atoms with E-state index in [1.165, 1.54) is 27.9 Å². The van der Waals surface area contributed by atoms with Crippen LogP contribution in [0.3, 0.4) is 0 Å². The van der Waals surface area contributed by atoms with Crippen molar-refractivity contribution < 1.29 is 4.57 Å². The molecule has 2 aromatic heterocycles. The standard InChI is InChI=1S/C23H22N3/c1-15-11-16(2)17(3)19(12-15)23-20-13-18(21-7-5-6-10-24-21)8-9-22(20)25-14-26(23)4/h5-14H,1-4H3/q+1. The lowest BCUT2D eigenvalue weighted by atomic mass is 9.95. The first kappa shape index (κ1) is 16.4. The number of rotatable bonds is 2. The monoisotopic (exact) mass is 340 g/mol. The summed E-state index contributed by atoms with van der Waals surface area (Å²) in [6, 6.07) is 16.9. The highest BCUT2D eigenvalue weighted by Crippen LogP contribution is 2.31. The third-order valence-electron chi connectivity index (χ3n) is 5.00. The maximum absolute atomic E-state index is 4.62. The molecular formula is C23H22N3+. The van der Waals surface area contributed by atoms with Crippen LogP contribution in [-0.4, -0.2) is 9.97 Å². The van der Waals surface area contributed by atoms with Gasteiger partial charge in [0.2, 0.25) is 0 Å². The van der Waals surface area contributed by atoms with Crippen LogP contribution in [0.2, 0.25) is 0 Å². The fraction of sp³-hybridized carbons (Fsp3) is 0.174. The minimum Gasteiger partial charge on any atom is -0.256 e. The SMILES string of the molecule is Cc1cc(C)c(C)c(-c2c3cc(-c4ccccn4)ccc3nc[n+]2C)c1. The van der Waals surface area contributed by atoms with Crippen molar-refractivity contribution in [2.75, 3.05) is 0 Å². The van der Waals surface area contributed by atoms with E-state index in [0.29, 0.717) is 0 Å². The summed E-state index contributed by atoms with van der Waals surface area (Å²) in [4.78, 5) is 9.12. The molecule has 0 aliphatic rings. The van der Waals surface area contributed by atoms with E-state index >= 15 is 0 Å². The molecule has 0 bridgehead atoms. The lowest BCUT2D eigenvalue weighted by molar-refractivity contribution is -0.662. The van der Waals surface area contributed by atoms with Crippen molar-refractivity contribution >= 4 is 10.9 Å². The fourth-order valence-electron chi connectivity index (χ4n) is 3.55. The molecule has 0 saturated carbocycles. The van der Waals surface area contributed by atoms with E-state index in [2.05, 4.69) is 72.7 Å². The molecule has 0 aliphatic carbocycles. The molecule has 0 spiro atoms. The number of aryl methyl sites for hydroxylation is 3. The highest BCUT2D eigenvalue weighted by Gasteiger charge is 2.18. The Balaban J connectivity index is 2.04. The first-order valence-corrected chi connectivity index (χ1v) is 8.82. The van der Waals surface area contributed by atoms with Gasteiger partial charge in [0.05, 0.1) is 18.1 Å². The molecule has 128 valence electrons. The summed E-state index contributed by atoms with van der Waals surface area (Å²) < 4.78 is 2.12. The Kier molecular flexibility index (Phi) is 4.00. The molecule has 0 fully saturated rings. The predicted molar refractivity (Wildman–Crippen MR) is 106 cm³/mol. The number of benzene rings is 2. The molecule has 0 unspecified atom stereocenters. The molecule has 3 nitrogen and oxygen atoms in total. The quantitative estimate of drug-likeness (QED) is 0.495. The Bertz CT molecular complexity index is 1120. The van der Waals surface area contributed by atoms with E-state index in [9.17, 15) is 0 Å². The Hall–Kier alpha value is -3.07. The average molecular weight is 340 g/mol. The van der Waals surface area contributed by atoms with Gasteiger partial charge in [-0.2, -0.15) is 0 Å². The first-order valence-electron chi connectivity index (χ1n) is 8.82. The molecule has 3 heteroatoms. The average Bonchev–Trinajstić information content (AvgIpc) is 2.65. The Morgan fingerprint density at radius 3 is 2.50 bits per heavy atom. The number of hydrogen-bond acceptors (Lipinski definition) is 2. The lowest BCUT2D eigenvalue weighted by Crippen LogP contribution is -2.32. The zero-order chi connectivity index (χ0) is 18.3. The summed E-state index contributed by atoms with van der Waals surface area (Å²) in [6.07, 6.45) is 3.73. The summed E-state index contributed by atoms with van der Waals surface area (Å²) in [5.41, 5.74) is 9.42. The van der Waals surface area contributed by atoms with Gasteiger partial charge in [-0.3, -0.25) is 4.98 Å². The van der Waals surface area contributed by atoms with Gasteiger partial charge < -0.3 is 0 Å². The summed E-state index contributed by atoms with van der Waals surface area (Å²) in [5.74, 6) is 0. The normalized spacial score (nSPS) is 11.1. The molecule has 4 rings (SSSR count). The molecule has 0 aliphatic heterocycles. The van der Waals surface area contributed by atoms with Crippen LogP contribution in [-0.2, 0) is 7.05 Å². The van der Waals surface area contributed by atoms with Crippen LogP contribution in [0.4, 0.5) is 0 Å². The highest BCUT2D eigenvalue weighted by atomic mass is 15.0. The Labute approximate surface area is 154 Å². The molecule has 0 saturated heterocycles. The summed E-state index contributed by atoms with van der Waals surface area (Å²) in [7, 11) is 2.06. The van der Waals surface area contributed by atoms with E-state index in [1.54, 1.807) is 0 Å². The van der Waals surface area contributed by atoms with Crippen LogP contribution >= 0.6 is 0 Å². The van der Waals surface area contributed by atoms with Crippen molar-refractivity contribution in [3.8, 4) is 22.5 Å². The van der Waals surface area contributed by atoms with Crippen molar-refractivity contribution in [2.45, 2.75) is 20.8 Å². The van der Waals surface area contributed by atoms with E-state index < -0.39 is 0 Å². The minimum absolute atomic E-state index is 0.976. The molecule has 0 radical (unpaired) electrons. The van der Waals surface area contributed by atoms with Gasteiger partial charge in [0.1, 0.15) is 5.69 Å². The van der Waals surface area contributed by atoms with E-state index in [0.717, 1.165) is 22.2 Å².